The van der Waals surface area contributed by atoms with Gasteiger partial charge in [-0.15, -0.1) is 0 Å². The fourth-order valence-electron chi connectivity index (χ4n) is 4.58. The van der Waals surface area contributed by atoms with Crippen LogP contribution in [-0.4, -0.2) is 23.9 Å². The zero-order chi connectivity index (χ0) is 24.5. The van der Waals surface area contributed by atoms with Crippen LogP contribution in [0.3, 0.4) is 0 Å². The second-order valence-electron chi connectivity index (χ2n) is 8.52. The zero-order valence-electron chi connectivity index (χ0n) is 19.6. The molecular formula is C30H25NO4. The van der Waals surface area contributed by atoms with Crippen molar-refractivity contribution in [1.82, 2.24) is 0 Å². The Balaban J connectivity index is 1.70. The van der Waals surface area contributed by atoms with Crippen LogP contribution in [-0.2, 0) is 16.0 Å². The van der Waals surface area contributed by atoms with Crippen LogP contribution < -0.4 is 9.64 Å². The van der Waals surface area contributed by atoms with Gasteiger partial charge >= 0.3 is 0 Å². The van der Waals surface area contributed by atoms with Crippen molar-refractivity contribution < 1.29 is 19.4 Å². The Morgan fingerprint density at radius 1 is 0.886 bits per heavy atom. The van der Waals surface area contributed by atoms with Gasteiger partial charge in [0.05, 0.1) is 18.7 Å². The highest BCUT2D eigenvalue weighted by atomic mass is 16.5. The molecule has 1 aliphatic heterocycles. The topological polar surface area (TPSA) is 66.8 Å². The molecule has 1 atom stereocenters. The smallest absolute Gasteiger partial charge is 0.300 e. The van der Waals surface area contributed by atoms with Crippen molar-refractivity contribution in [2.45, 2.75) is 19.4 Å². The number of amides is 1. The number of nitrogens with zero attached hydrogens (tertiary/aromatic N) is 1. The summed E-state index contributed by atoms with van der Waals surface area (Å²) >= 11 is 0. The first-order valence-corrected chi connectivity index (χ1v) is 11.5. The summed E-state index contributed by atoms with van der Waals surface area (Å²) in [6, 6.07) is 27.3. The van der Waals surface area contributed by atoms with Crippen molar-refractivity contribution in [2.24, 2.45) is 0 Å². The van der Waals surface area contributed by atoms with Crippen LogP contribution in [0.25, 0.3) is 16.5 Å². The minimum Gasteiger partial charge on any atom is -0.507 e. The Kier molecular flexibility index (Phi) is 5.83. The second-order valence-corrected chi connectivity index (χ2v) is 8.52. The molecule has 1 aliphatic rings. The summed E-state index contributed by atoms with van der Waals surface area (Å²) in [7, 11) is 1.58. The molecule has 1 amide bonds. The molecule has 1 saturated heterocycles. The number of aliphatic hydroxyl groups is 1. The average molecular weight is 464 g/mol. The van der Waals surface area contributed by atoms with Crippen LogP contribution in [0, 0.1) is 0 Å². The Morgan fingerprint density at radius 2 is 1.57 bits per heavy atom. The number of rotatable bonds is 5. The number of carbonyl (C=O) groups is 2. The molecule has 1 unspecified atom stereocenters. The van der Waals surface area contributed by atoms with Crippen molar-refractivity contribution >= 4 is 33.9 Å². The summed E-state index contributed by atoms with van der Waals surface area (Å²) in [6.07, 6.45) is 0.864. The average Bonchev–Trinajstić information content (AvgIpc) is 3.18. The van der Waals surface area contributed by atoms with Crippen molar-refractivity contribution in [2.75, 3.05) is 12.0 Å². The minimum atomic E-state index is -0.778. The third-order valence-electron chi connectivity index (χ3n) is 6.52. The Hall–Kier alpha value is -4.38. The number of carbonyl (C=O) groups excluding carboxylic acids is 2. The summed E-state index contributed by atoms with van der Waals surface area (Å²) in [6.45, 7) is 2.06. The molecule has 5 nitrogen and oxygen atoms in total. The van der Waals surface area contributed by atoms with Gasteiger partial charge in [0.2, 0.25) is 0 Å². The summed E-state index contributed by atoms with van der Waals surface area (Å²) in [4.78, 5) is 28.2. The number of hydrogen-bond donors (Lipinski definition) is 1. The highest BCUT2D eigenvalue weighted by Gasteiger charge is 2.47. The molecule has 5 rings (SSSR count). The van der Waals surface area contributed by atoms with Crippen molar-refractivity contribution in [3.05, 3.63) is 113 Å². The number of ether oxygens (including phenoxy) is 1. The third kappa shape index (κ3) is 3.95. The van der Waals surface area contributed by atoms with Crippen LogP contribution in [0.2, 0.25) is 0 Å². The van der Waals surface area contributed by atoms with Crippen molar-refractivity contribution in [1.29, 1.82) is 0 Å². The molecule has 174 valence electrons. The molecule has 0 aromatic heterocycles. The molecule has 0 spiro atoms. The summed E-state index contributed by atoms with van der Waals surface area (Å²) in [5, 5.41) is 13.4. The van der Waals surface area contributed by atoms with Gasteiger partial charge in [-0.1, -0.05) is 67.6 Å². The molecule has 5 heteroatoms. The van der Waals surface area contributed by atoms with Gasteiger partial charge in [-0.25, -0.2) is 0 Å². The van der Waals surface area contributed by atoms with Crippen LogP contribution in [0.4, 0.5) is 5.69 Å². The van der Waals surface area contributed by atoms with Gasteiger partial charge in [0, 0.05) is 11.3 Å². The second kappa shape index (κ2) is 9.11. The molecule has 4 aromatic rings. The van der Waals surface area contributed by atoms with E-state index in [-0.39, 0.29) is 11.3 Å². The van der Waals surface area contributed by atoms with E-state index in [9.17, 15) is 14.7 Å². The first-order valence-electron chi connectivity index (χ1n) is 11.5. The lowest BCUT2D eigenvalue weighted by Gasteiger charge is -2.25. The van der Waals surface area contributed by atoms with E-state index < -0.39 is 17.7 Å². The van der Waals surface area contributed by atoms with Crippen LogP contribution in [0.5, 0.6) is 5.75 Å². The number of aryl methyl sites for hydroxylation is 1. The Bertz CT molecular complexity index is 1450. The first-order chi connectivity index (χ1) is 17.0. The third-order valence-corrected chi connectivity index (χ3v) is 6.52. The fourth-order valence-corrected chi connectivity index (χ4v) is 4.58. The number of hydrogen-bond acceptors (Lipinski definition) is 4. The number of methoxy groups -OCH3 is 1. The van der Waals surface area contributed by atoms with E-state index in [1.807, 2.05) is 72.8 Å². The van der Waals surface area contributed by atoms with E-state index in [1.165, 1.54) is 4.90 Å². The molecule has 35 heavy (non-hydrogen) atoms. The molecule has 1 fully saturated rings. The molecule has 0 bridgehead atoms. The quantitative estimate of drug-likeness (QED) is 0.223. The van der Waals surface area contributed by atoms with Gasteiger partial charge in [0.25, 0.3) is 11.7 Å². The molecule has 0 radical (unpaired) electrons. The van der Waals surface area contributed by atoms with Gasteiger partial charge < -0.3 is 9.84 Å². The van der Waals surface area contributed by atoms with E-state index in [2.05, 4.69) is 6.92 Å². The fraction of sp³-hybridized carbons (Fsp3) is 0.133. The van der Waals surface area contributed by atoms with E-state index in [1.54, 1.807) is 25.3 Å². The van der Waals surface area contributed by atoms with Crippen molar-refractivity contribution in [3.8, 4) is 5.75 Å². The van der Waals surface area contributed by atoms with Gasteiger partial charge in [-0.2, -0.15) is 0 Å². The van der Waals surface area contributed by atoms with E-state index in [4.69, 9.17) is 4.74 Å². The number of aliphatic hydroxyl groups excluding tert-OH is 1. The molecule has 0 aliphatic carbocycles. The molecule has 0 saturated carbocycles. The molecular weight excluding hydrogens is 438 g/mol. The SMILES string of the molecule is CCc1ccc(N2C(=O)C(=O)/C(=C(\O)c3ccc4ccccc4c3)C2c2ccc(OC)cc2)cc1. The predicted octanol–water partition coefficient (Wildman–Crippen LogP) is 6.04. The van der Waals surface area contributed by atoms with Crippen LogP contribution in [0.15, 0.2) is 96.6 Å². The Morgan fingerprint density at radius 3 is 2.23 bits per heavy atom. The normalized spacial score (nSPS) is 17.2. The predicted molar refractivity (Wildman–Crippen MR) is 138 cm³/mol. The summed E-state index contributed by atoms with van der Waals surface area (Å²) < 4.78 is 5.29. The standard InChI is InChI=1S/C30H25NO4/c1-3-19-8-14-24(15-9-19)31-27(21-12-16-25(35-2)17-13-21)26(29(33)30(31)34)28(32)23-11-10-20-6-4-5-7-22(20)18-23/h4-18,27,32H,3H2,1-2H3/b28-26-. The molecule has 1 heterocycles. The van der Waals surface area contributed by atoms with Gasteiger partial charge in [0.1, 0.15) is 11.5 Å². The number of anilines is 1. The van der Waals surface area contributed by atoms with Gasteiger partial charge in [0.15, 0.2) is 0 Å². The lowest BCUT2D eigenvalue weighted by atomic mass is 9.94. The number of benzene rings is 4. The number of fused-ring (bicyclic) bond motifs is 1. The monoisotopic (exact) mass is 463 g/mol. The van der Waals surface area contributed by atoms with Crippen molar-refractivity contribution in [3.63, 3.8) is 0 Å². The number of Topliss-reactive ketones (excluding diaryl/α,β-unsaturated/α-hetero) is 1. The highest BCUT2D eigenvalue weighted by molar-refractivity contribution is 6.51. The van der Waals surface area contributed by atoms with Gasteiger partial charge in [-0.05, 0) is 58.7 Å². The minimum absolute atomic E-state index is 0.0648. The lowest BCUT2D eigenvalue weighted by molar-refractivity contribution is -0.132. The highest BCUT2D eigenvalue weighted by Crippen LogP contribution is 2.42. The summed E-state index contributed by atoms with van der Waals surface area (Å²) in [5.74, 6) is -0.913. The zero-order valence-corrected chi connectivity index (χ0v) is 19.6. The lowest BCUT2D eigenvalue weighted by Crippen LogP contribution is -2.29. The maximum Gasteiger partial charge on any atom is 0.300 e. The van der Waals surface area contributed by atoms with Crippen LogP contribution >= 0.6 is 0 Å². The maximum atomic E-state index is 13.4. The first kappa shape index (κ1) is 22.4. The molecule has 4 aromatic carbocycles. The number of ketones is 1. The largest absolute Gasteiger partial charge is 0.507 e. The van der Waals surface area contributed by atoms with Crippen LogP contribution in [0.1, 0.15) is 29.7 Å². The Labute approximate surface area is 203 Å². The van der Waals surface area contributed by atoms with E-state index in [0.29, 0.717) is 22.6 Å². The summed E-state index contributed by atoms with van der Waals surface area (Å²) in [5.41, 5.74) is 2.98. The van der Waals surface area contributed by atoms with E-state index >= 15 is 0 Å². The molecule has 1 N–H and O–H groups in total. The maximum absolute atomic E-state index is 13.4. The van der Waals surface area contributed by atoms with Gasteiger partial charge in [-0.3, -0.25) is 14.5 Å². The van der Waals surface area contributed by atoms with E-state index in [0.717, 1.165) is 22.8 Å².